The van der Waals surface area contributed by atoms with Gasteiger partial charge in [-0.2, -0.15) is 0 Å². The normalized spacial score (nSPS) is 14.2. The Bertz CT molecular complexity index is 689. The summed E-state index contributed by atoms with van der Waals surface area (Å²) in [5.74, 6) is 1.28. The summed E-state index contributed by atoms with van der Waals surface area (Å²) in [5, 5.41) is 3.01. The van der Waals surface area contributed by atoms with Gasteiger partial charge in [0.25, 0.3) is 0 Å². The molecular formula is C15H15NO4S. The van der Waals surface area contributed by atoms with E-state index in [-0.39, 0.29) is 18.0 Å². The molecule has 0 amide bonds. The summed E-state index contributed by atoms with van der Waals surface area (Å²) in [7, 11) is 1.40. The van der Waals surface area contributed by atoms with Crippen LogP contribution in [0.3, 0.4) is 0 Å². The highest BCUT2D eigenvalue weighted by Crippen LogP contribution is 2.39. The first-order valence-electron chi connectivity index (χ1n) is 6.59. The molecule has 0 aliphatic carbocycles. The summed E-state index contributed by atoms with van der Waals surface area (Å²) in [6.45, 7) is 2.23. The zero-order chi connectivity index (χ0) is 14.8. The molecule has 0 radical (unpaired) electrons. The fourth-order valence-electron chi connectivity index (χ4n) is 2.18. The third kappa shape index (κ3) is 2.90. The Morgan fingerprint density at radius 2 is 2.19 bits per heavy atom. The van der Waals surface area contributed by atoms with Crippen molar-refractivity contribution in [2.45, 2.75) is 23.6 Å². The lowest BCUT2D eigenvalue weighted by Gasteiger charge is -2.11. The van der Waals surface area contributed by atoms with E-state index in [9.17, 15) is 4.79 Å². The van der Waals surface area contributed by atoms with E-state index in [2.05, 4.69) is 4.98 Å². The van der Waals surface area contributed by atoms with Crippen LogP contribution in [-0.4, -0.2) is 30.1 Å². The standard InChI is InChI=1S/C15H15NO4S/c1-9(5-14(17)18-2)21-15-11-7-13-12(19-8-20-13)6-10(11)3-4-16-15/h3-4,6-7,9H,5,8H2,1-2H3. The predicted molar refractivity (Wildman–Crippen MR) is 79.8 cm³/mol. The molecule has 110 valence electrons. The van der Waals surface area contributed by atoms with E-state index in [0.717, 1.165) is 27.3 Å². The first-order chi connectivity index (χ1) is 10.2. The average Bonchev–Trinajstić information content (AvgIpc) is 2.92. The number of thioether (sulfide) groups is 1. The molecular weight excluding hydrogens is 290 g/mol. The summed E-state index contributed by atoms with van der Waals surface area (Å²) in [6, 6.07) is 5.83. The first-order valence-corrected chi connectivity index (χ1v) is 7.47. The lowest BCUT2D eigenvalue weighted by Crippen LogP contribution is -2.08. The Labute approximate surface area is 126 Å². The summed E-state index contributed by atoms with van der Waals surface area (Å²) >= 11 is 1.55. The molecule has 1 unspecified atom stereocenters. The van der Waals surface area contributed by atoms with Crippen molar-refractivity contribution in [3.63, 3.8) is 0 Å². The van der Waals surface area contributed by atoms with E-state index in [1.54, 1.807) is 18.0 Å². The van der Waals surface area contributed by atoms with E-state index >= 15 is 0 Å². The first kappa shape index (κ1) is 14.0. The summed E-state index contributed by atoms with van der Waals surface area (Å²) in [4.78, 5) is 15.8. The number of benzene rings is 1. The van der Waals surface area contributed by atoms with Crippen molar-refractivity contribution >= 4 is 28.5 Å². The van der Waals surface area contributed by atoms with Crippen LogP contribution in [0, 0.1) is 0 Å². The molecule has 0 saturated carbocycles. The van der Waals surface area contributed by atoms with E-state index in [0.29, 0.717) is 6.42 Å². The van der Waals surface area contributed by atoms with Crippen LogP contribution < -0.4 is 9.47 Å². The number of nitrogens with zero attached hydrogens (tertiary/aromatic N) is 1. The zero-order valence-electron chi connectivity index (χ0n) is 11.8. The molecule has 1 aliphatic rings. The van der Waals surface area contributed by atoms with E-state index < -0.39 is 0 Å². The topological polar surface area (TPSA) is 57.7 Å². The number of pyridine rings is 1. The molecule has 1 aliphatic heterocycles. The van der Waals surface area contributed by atoms with E-state index in [4.69, 9.17) is 14.2 Å². The maximum absolute atomic E-state index is 11.3. The molecule has 0 bridgehead atoms. The van der Waals surface area contributed by atoms with Crippen LogP contribution in [0.25, 0.3) is 10.8 Å². The summed E-state index contributed by atoms with van der Waals surface area (Å²) < 4.78 is 15.5. The minimum Gasteiger partial charge on any atom is -0.469 e. The third-order valence-electron chi connectivity index (χ3n) is 3.22. The number of carbonyl (C=O) groups is 1. The van der Waals surface area contributed by atoms with Crippen LogP contribution in [0.4, 0.5) is 0 Å². The van der Waals surface area contributed by atoms with Crippen LogP contribution >= 0.6 is 11.8 Å². The van der Waals surface area contributed by atoms with Crippen molar-refractivity contribution in [2.75, 3.05) is 13.9 Å². The Morgan fingerprint density at radius 1 is 1.43 bits per heavy atom. The van der Waals surface area contributed by atoms with Crippen LogP contribution in [0.5, 0.6) is 11.5 Å². The Kier molecular flexibility index (Phi) is 3.88. The smallest absolute Gasteiger partial charge is 0.306 e. The maximum atomic E-state index is 11.3. The highest BCUT2D eigenvalue weighted by atomic mass is 32.2. The largest absolute Gasteiger partial charge is 0.469 e. The number of fused-ring (bicyclic) bond motifs is 2. The number of esters is 1. The number of aromatic nitrogens is 1. The molecule has 1 aromatic carbocycles. The molecule has 1 aromatic heterocycles. The monoisotopic (exact) mass is 305 g/mol. The van der Waals surface area contributed by atoms with Gasteiger partial charge in [0.1, 0.15) is 5.03 Å². The number of ether oxygens (including phenoxy) is 3. The van der Waals surface area contributed by atoms with Crippen molar-refractivity contribution in [1.82, 2.24) is 4.98 Å². The quantitative estimate of drug-likeness (QED) is 0.639. The van der Waals surface area contributed by atoms with Gasteiger partial charge in [0.2, 0.25) is 6.79 Å². The third-order valence-corrected chi connectivity index (χ3v) is 4.33. The van der Waals surface area contributed by atoms with Crippen molar-refractivity contribution in [1.29, 1.82) is 0 Å². The fraction of sp³-hybridized carbons (Fsp3) is 0.333. The van der Waals surface area contributed by atoms with Gasteiger partial charge in [0, 0.05) is 16.8 Å². The van der Waals surface area contributed by atoms with Gasteiger partial charge >= 0.3 is 5.97 Å². The number of rotatable bonds is 4. The van der Waals surface area contributed by atoms with Gasteiger partial charge in [-0.15, -0.1) is 11.8 Å². The average molecular weight is 305 g/mol. The molecule has 0 saturated heterocycles. The molecule has 1 atom stereocenters. The van der Waals surface area contributed by atoms with Crippen LogP contribution in [0.15, 0.2) is 29.4 Å². The number of hydrogen-bond acceptors (Lipinski definition) is 6. The van der Waals surface area contributed by atoms with Gasteiger partial charge < -0.3 is 14.2 Å². The minimum absolute atomic E-state index is 0.0842. The van der Waals surface area contributed by atoms with Crippen LogP contribution in [0.1, 0.15) is 13.3 Å². The number of carbonyl (C=O) groups excluding carboxylic acids is 1. The molecule has 3 rings (SSSR count). The second-order valence-corrected chi connectivity index (χ2v) is 6.18. The molecule has 2 aromatic rings. The van der Waals surface area contributed by atoms with Gasteiger partial charge in [0.15, 0.2) is 11.5 Å². The van der Waals surface area contributed by atoms with E-state index in [1.165, 1.54) is 7.11 Å². The molecule has 21 heavy (non-hydrogen) atoms. The molecule has 6 heteroatoms. The van der Waals surface area contributed by atoms with Gasteiger partial charge in [-0.05, 0) is 23.6 Å². The number of hydrogen-bond donors (Lipinski definition) is 0. The van der Waals surface area contributed by atoms with Gasteiger partial charge in [-0.25, -0.2) is 4.98 Å². The van der Waals surface area contributed by atoms with Crippen molar-refractivity contribution in [3.8, 4) is 11.5 Å². The van der Waals surface area contributed by atoms with Crippen molar-refractivity contribution < 1.29 is 19.0 Å². The molecule has 2 heterocycles. The Balaban J connectivity index is 1.90. The molecule has 0 spiro atoms. The van der Waals surface area contributed by atoms with Gasteiger partial charge in [0.05, 0.1) is 13.5 Å². The summed E-state index contributed by atoms with van der Waals surface area (Å²) in [5.41, 5.74) is 0. The zero-order valence-corrected chi connectivity index (χ0v) is 12.6. The number of methoxy groups -OCH3 is 1. The van der Waals surface area contributed by atoms with Crippen LogP contribution in [0.2, 0.25) is 0 Å². The predicted octanol–water partition coefficient (Wildman–Crippen LogP) is 3.01. The summed E-state index contributed by atoms with van der Waals surface area (Å²) in [6.07, 6.45) is 2.11. The van der Waals surface area contributed by atoms with Crippen molar-refractivity contribution in [3.05, 3.63) is 24.4 Å². The SMILES string of the molecule is COC(=O)CC(C)Sc1nccc2cc3c(cc12)OCO3. The Morgan fingerprint density at radius 3 is 2.95 bits per heavy atom. The fourth-order valence-corrected chi connectivity index (χ4v) is 3.21. The van der Waals surface area contributed by atoms with Gasteiger partial charge in [-0.3, -0.25) is 4.79 Å². The Hall–Kier alpha value is -1.95. The maximum Gasteiger partial charge on any atom is 0.306 e. The lowest BCUT2D eigenvalue weighted by molar-refractivity contribution is -0.140. The van der Waals surface area contributed by atoms with Crippen LogP contribution in [-0.2, 0) is 9.53 Å². The van der Waals surface area contributed by atoms with Gasteiger partial charge in [-0.1, -0.05) is 6.92 Å². The molecule has 5 nitrogen and oxygen atoms in total. The molecule has 0 fully saturated rings. The van der Waals surface area contributed by atoms with Crippen molar-refractivity contribution in [2.24, 2.45) is 0 Å². The lowest BCUT2D eigenvalue weighted by atomic mass is 10.1. The highest BCUT2D eigenvalue weighted by molar-refractivity contribution is 8.00. The molecule has 0 N–H and O–H groups in total. The minimum atomic E-state index is -0.215. The second-order valence-electron chi connectivity index (χ2n) is 4.75. The highest BCUT2D eigenvalue weighted by Gasteiger charge is 2.18. The van der Waals surface area contributed by atoms with E-state index in [1.807, 2.05) is 25.1 Å². The second kappa shape index (κ2) is 5.81.